The van der Waals surface area contributed by atoms with E-state index in [4.69, 9.17) is 4.74 Å². The Labute approximate surface area is 132 Å². The number of nitrogens with one attached hydrogen (secondary N) is 1. The summed E-state index contributed by atoms with van der Waals surface area (Å²) >= 11 is 0. The van der Waals surface area contributed by atoms with Crippen LogP contribution in [0.4, 0.5) is 4.79 Å². The van der Waals surface area contributed by atoms with Crippen LogP contribution in [0.15, 0.2) is 0 Å². The third-order valence-corrected chi connectivity index (χ3v) is 5.37. The molecule has 2 aliphatic rings. The van der Waals surface area contributed by atoms with Crippen molar-refractivity contribution >= 4 is 12.1 Å². The molecule has 1 amide bonds. The number of alkyl carbamates (subject to hydrolysis) is 1. The molecule has 2 saturated carbocycles. The molecule has 0 radical (unpaired) electrons. The predicted molar refractivity (Wildman–Crippen MR) is 83.7 cm³/mol. The number of aliphatic carboxylic acids is 1. The van der Waals surface area contributed by atoms with Crippen LogP contribution in [0.3, 0.4) is 0 Å². The second-order valence-electron chi connectivity index (χ2n) is 8.54. The monoisotopic (exact) mass is 311 g/mol. The summed E-state index contributed by atoms with van der Waals surface area (Å²) in [6.07, 6.45) is 4.50. The van der Waals surface area contributed by atoms with Gasteiger partial charge in [-0.25, -0.2) is 4.79 Å². The van der Waals surface area contributed by atoms with Crippen molar-refractivity contribution in [2.24, 2.45) is 10.8 Å². The molecule has 0 spiro atoms. The molecule has 0 aromatic carbocycles. The van der Waals surface area contributed by atoms with Crippen LogP contribution in [0.5, 0.6) is 0 Å². The van der Waals surface area contributed by atoms with Crippen LogP contribution < -0.4 is 5.32 Å². The molecule has 0 aromatic rings. The summed E-state index contributed by atoms with van der Waals surface area (Å²) in [5.74, 6) is -0.796. The van der Waals surface area contributed by atoms with Gasteiger partial charge < -0.3 is 15.2 Å². The van der Waals surface area contributed by atoms with Crippen LogP contribution in [0.2, 0.25) is 0 Å². The average Bonchev–Trinajstić information content (AvgIpc) is 2.93. The largest absolute Gasteiger partial charge is 0.481 e. The van der Waals surface area contributed by atoms with E-state index in [0.717, 1.165) is 19.3 Å². The second kappa shape index (κ2) is 5.14. The van der Waals surface area contributed by atoms with Crippen LogP contribution in [-0.4, -0.2) is 28.3 Å². The molecule has 0 aliphatic heterocycles. The standard InChI is InChI=1S/C17H29NO4/c1-14(2,3)22-13(21)18-16(9-7-6-8-10-16)17(12(19)20)11-15(17,4)5/h6-11H2,1-5H3,(H,18,21)(H,19,20). The van der Waals surface area contributed by atoms with Gasteiger partial charge in [-0.05, 0) is 45.4 Å². The van der Waals surface area contributed by atoms with Gasteiger partial charge in [-0.15, -0.1) is 0 Å². The minimum atomic E-state index is -0.878. The van der Waals surface area contributed by atoms with E-state index in [1.807, 2.05) is 34.6 Å². The summed E-state index contributed by atoms with van der Waals surface area (Å²) in [5, 5.41) is 12.9. The van der Waals surface area contributed by atoms with Crippen molar-refractivity contribution in [1.29, 1.82) is 0 Å². The van der Waals surface area contributed by atoms with E-state index in [0.29, 0.717) is 19.3 Å². The van der Waals surface area contributed by atoms with Gasteiger partial charge in [-0.2, -0.15) is 0 Å². The van der Waals surface area contributed by atoms with Gasteiger partial charge in [0, 0.05) is 0 Å². The highest BCUT2D eigenvalue weighted by molar-refractivity contribution is 5.83. The summed E-state index contributed by atoms with van der Waals surface area (Å²) in [7, 11) is 0. The zero-order valence-corrected chi connectivity index (χ0v) is 14.4. The molecule has 5 nitrogen and oxygen atoms in total. The molecular formula is C17H29NO4. The molecule has 1 unspecified atom stereocenters. The number of hydrogen-bond donors (Lipinski definition) is 2. The van der Waals surface area contributed by atoms with E-state index in [2.05, 4.69) is 5.32 Å². The zero-order valence-electron chi connectivity index (χ0n) is 14.4. The van der Waals surface area contributed by atoms with Crippen LogP contribution in [0, 0.1) is 10.8 Å². The first-order valence-electron chi connectivity index (χ1n) is 8.20. The summed E-state index contributed by atoms with van der Waals surface area (Å²) in [5.41, 5.74) is -2.46. The van der Waals surface area contributed by atoms with Gasteiger partial charge in [0.1, 0.15) is 5.60 Å². The summed E-state index contributed by atoms with van der Waals surface area (Å²) in [4.78, 5) is 24.4. The fraction of sp³-hybridized carbons (Fsp3) is 0.882. The molecule has 2 N–H and O–H groups in total. The highest BCUT2D eigenvalue weighted by Crippen LogP contribution is 2.71. The Bertz CT molecular complexity index is 472. The lowest BCUT2D eigenvalue weighted by atomic mass is 9.67. The van der Waals surface area contributed by atoms with Crippen molar-refractivity contribution in [2.75, 3.05) is 0 Å². The molecule has 0 heterocycles. The smallest absolute Gasteiger partial charge is 0.408 e. The number of hydrogen-bond acceptors (Lipinski definition) is 3. The van der Waals surface area contributed by atoms with Gasteiger partial charge >= 0.3 is 12.1 Å². The van der Waals surface area contributed by atoms with Crippen molar-refractivity contribution in [2.45, 2.75) is 84.3 Å². The Balaban J connectivity index is 2.30. The summed E-state index contributed by atoms with van der Waals surface area (Å²) in [6, 6.07) is 0. The number of ether oxygens (including phenoxy) is 1. The third kappa shape index (κ3) is 2.70. The predicted octanol–water partition coefficient (Wildman–Crippen LogP) is 3.71. The average molecular weight is 311 g/mol. The molecule has 2 aliphatic carbocycles. The fourth-order valence-corrected chi connectivity index (χ4v) is 4.32. The number of carboxylic acid groups (broad SMARTS) is 1. The first-order valence-corrected chi connectivity index (χ1v) is 8.20. The van der Waals surface area contributed by atoms with E-state index < -0.39 is 28.6 Å². The third-order valence-electron chi connectivity index (χ3n) is 5.37. The maximum Gasteiger partial charge on any atom is 0.408 e. The van der Waals surface area contributed by atoms with Gasteiger partial charge in [0.2, 0.25) is 0 Å². The second-order valence-corrected chi connectivity index (χ2v) is 8.54. The summed E-state index contributed by atoms with van der Waals surface area (Å²) in [6.45, 7) is 9.40. The lowest BCUT2D eigenvalue weighted by molar-refractivity contribution is -0.150. The van der Waals surface area contributed by atoms with Gasteiger partial charge in [0.25, 0.3) is 0 Å². The number of rotatable bonds is 3. The topological polar surface area (TPSA) is 75.6 Å². The van der Waals surface area contributed by atoms with Crippen LogP contribution in [0.25, 0.3) is 0 Å². The first-order chi connectivity index (χ1) is 9.96. The lowest BCUT2D eigenvalue weighted by Gasteiger charge is -2.44. The van der Waals surface area contributed by atoms with Crippen molar-refractivity contribution < 1.29 is 19.4 Å². The molecule has 0 saturated heterocycles. The van der Waals surface area contributed by atoms with Crippen LogP contribution in [-0.2, 0) is 9.53 Å². The number of carbonyl (C=O) groups is 2. The van der Waals surface area contributed by atoms with Crippen molar-refractivity contribution in [1.82, 2.24) is 5.32 Å². The molecule has 2 rings (SSSR count). The Morgan fingerprint density at radius 1 is 1.09 bits per heavy atom. The van der Waals surface area contributed by atoms with E-state index >= 15 is 0 Å². The Hall–Kier alpha value is -1.26. The minimum absolute atomic E-state index is 0.300. The molecule has 22 heavy (non-hydrogen) atoms. The fourth-order valence-electron chi connectivity index (χ4n) is 4.32. The van der Waals surface area contributed by atoms with E-state index in [1.54, 1.807) is 0 Å². The maximum atomic E-state index is 12.3. The van der Waals surface area contributed by atoms with Crippen LogP contribution >= 0.6 is 0 Å². The maximum absolute atomic E-state index is 12.3. The van der Waals surface area contributed by atoms with E-state index in [9.17, 15) is 14.7 Å². The number of carbonyl (C=O) groups excluding carboxylic acids is 1. The molecule has 1 atom stereocenters. The van der Waals surface area contributed by atoms with Gasteiger partial charge in [0.15, 0.2) is 0 Å². The van der Waals surface area contributed by atoms with Crippen molar-refractivity contribution in [3.05, 3.63) is 0 Å². The van der Waals surface area contributed by atoms with Gasteiger partial charge in [-0.1, -0.05) is 33.1 Å². The van der Waals surface area contributed by atoms with E-state index in [-0.39, 0.29) is 5.41 Å². The number of amides is 1. The molecule has 2 fully saturated rings. The minimum Gasteiger partial charge on any atom is -0.481 e. The Kier molecular flexibility index (Phi) is 3.99. The number of carboxylic acids is 1. The molecule has 5 heteroatoms. The molecular weight excluding hydrogens is 282 g/mol. The SMILES string of the molecule is CC(C)(C)OC(=O)NC1(C2(C(=O)O)CC2(C)C)CCCCC1. The van der Waals surface area contributed by atoms with Crippen molar-refractivity contribution in [3.63, 3.8) is 0 Å². The zero-order chi connectivity index (χ0) is 16.8. The van der Waals surface area contributed by atoms with Crippen LogP contribution in [0.1, 0.15) is 73.1 Å². The Morgan fingerprint density at radius 3 is 1.95 bits per heavy atom. The molecule has 126 valence electrons. The Morgan fingerprint density at radius 2 is 1.59 bits per heavy atom. The highest BCUT2D eigenvalue weighted by atomic mass is 16.6. The van der Waals surface area contributed by atoms with E-state index in [1.165, 1.54) is 0 Å². The molecule has 0 bridgehead atoms. The normalized spacial score (nSPS) is 29.5. The first kappa shape index (κ1) is 17.1. The summed E-state index contributed by atoms with van der Waals surface area (Å²) < 4.78 is 5.39. The highest BCUT2D eigenvalue weighted by Gasteiger charge is 2.76. The lowest BCUT2D eigenvalue weighted by Crippen LogP contribution is -2.60. The quantitative estimate of drug-likeness (QED) is 0.833. The van der Waals surface area contributed by atoms with Gasteiger partial charge in [-0.3, -0.25) is 4.79 Å². The van der Waals surface area contributed by atoms with Crippen molar-refractivity contribution in [3.8, 4) is 0 Å². The van der Waals surface area contributed by atoms with Gasteiger partial charge in [0.05, 0.1) is 11.0 Å². The molecule has 0 aromatic heterocycles.